The van der Waals surface area contributed by atoms with E-state index in [1.165, 1.54) is 18.4 Å². The highest BCUT2D eigenvalue weighted by atomic mass is 32.1. The maximum atomic E-state index is 12.7. The number of carbonyl (C=O) groups is 1. The summed E-state index contributed by atoms with van der Waals surface area (Å²) in [6.45, 7) is 0.742. The Bertz CT molecular complexity index is 681. The number of hydrogen-bond donors (Lipinski definition) is 1. The van der Waals surface area contributed by atoms with Gasteiger partial charge >= 0.3 is 0 Å². The highest BCUT2D eigenvalue weighted by Crippen LogP contribution is 2.43. The van der Waals surface area contributed by atoms with E-state index in [1.807, 2.05) is 17.5 Å². The van der Waals surface area contributed by atoms with Crippen molar-refractivity contribution in [3.05, 3.63) is 52.0 Å². The van der Waals surface area contributed by atoms with Crippen molar-refractivity contribution < 1.29 is 9.53 Å². The van der Waals surface area contributed by atoms with E-state index >= 15 is 0 Å². The van der Waals surface area contributed by atoms with E-state index in [1.54, 1.807) is 23.7 Å². The van der Waals surface area contributed by atoms with Gasteiger partial charge in [-0.1, -0.05) is 0 Å². The van der Waals surface area contributed by atoms with E-state index < -0.39 is 0 Å². The second-order valence-corrected chi connectivity index (χ2v) is 7.19. The molecule has 4 nitrogen and oxygen atoms in total. The minimum atomic E-state index is -0.0833. The van der Waals surface area contributed by atoms with E-state index in [2.05, 4.69) is 16.4 Å². The topological polar surface area (TPSA) is 51.2 Å². The molecule has 0 radical (unpaired) electrons. The minimum absolute atomic E-state index is 0.0211. The smallest absolute Gasteiger partial charge is 0.261 e. The van der Waals surface area contributed by atoms with Crippen molar-refractivity contribution in [2.75, 3.05) is 6.61 Å². The van der Waals surface area contributed by atoms with Crippen LogP contribution in [0.25, 0.3) is 0 Å². The second kappa shape index (κ2) is 6.42. The molecule has 23 heavy (non-hydrogen) atoms. The molecular formula is C18H20N2O2S. The average Bonchev–Trinajstić information content (AvgIpc) is 3.32. The molecule has 1 aliphatic heterocycles. The van der Waals surface area contributed by atoms with Crippen molar-refractivity contribution >= 4 is 17.2 Å². The van der Waals surface area contributed by atoms with E-state index in [0.29, 0.717) is 5.92 Å². The molecule has 2 fully saturated rings. The summed E-state index contributed by atoms with van der Waals surface area (Å²) >= 11 is 1.55. The third kappa shape index (κ3) is 3.16. The van der Waals surface area contributed by atoms with Gasteiger partial charge in [0.2, 0.25) is 0 Å². The number of ether oxygens (including phenoxy) is 1. The lowest BCUT2D eigenvalue weighted by Crippen LogP contribution is -2.42. The fourth-order valence-corrected chi connectivity index (χ4v) is 4.15. The largest absolute Gasteiger partial charge is 0.371 e. The molecule has 0 unspecified atom stereocenters. The Morgan fingerprint density at radius 2 is 2.04 bits per heavy atom. The Labute approximate surface area is 139 Å². The summed E-state index contributed by atoms with van der Waals surface area (Å²) in [5.41, 5.74) is 2.31. The van der Waals surface area contributed by atoms with Gasteiger partial charge in [0.25, 0.3) is 5.91 Å². The molecule has 2 aromatic heterocycles. The number of pyridine rings is 1. The fraction of sp³-hybridized carbons (Fsp3) is 0.444. The highest BCUT2D eigenvalue weighted by molar-refractivity contribution is 7.12. The molecule has 0 aromatic carbocycles. The molecule has 2 atom stereocenters. The number of hydrogen-bond acceptors (Lipinski definition) is 4. The lowest BCUT2D eigenvalue weighted by atomic mass is 9.96. The maximum absolute atomic E-state index is 12.7. The van der Waals surface area contributed by atoms with Crippen LogP contribution in [0.3, 0.4) is 0 Å². The third-order valence-electron chi connectivity index (χ3n) is 4.59. The van der Waals surface area contributed by atoms with Gasteiger partial charge in [-0.3, -0.25) is 9.78 Å². The van der Waals surface area contributed by atoms with Crippen molar-refractivity contribution in [2.24, 2.45) is 0 Å². The Hall–Kier alpha value is -1.72. The first kappa shape index (κ1) is 14.8. The van der Waals surface area contributed by atoms with E-state index in [-0.39, 0.29) is 18.1 Å². The number of thiophene rings is 1. The van der Waals surface area contributed by atoms with Crippen LogP contribution in [0.2, 0.25) is 0 Å². The van der Waals surface area contributed by atoms with Crippen molar-refractivity contribution in [3.8, 4) is 0 Å². The van der Waals surface area contributed by atoms with Crippen LogP contribution in [0.5, 0.6) is 0 Å². The monoisotopic (exact) mass is 328 g/mol. The van der Waals surface area contributed by atoms with Gasteiger partial charge in [-0.25, -0.2) is 0 Å². The molecule has 0 bridgehead atoms. The van der Waals surface area contributed by atoms with Gasteiger partial charge in [-0.05, 0) is 66.3 Å². The van der Waals surface area contributed by atoms with Gasteiger partial charge in [0.1, 0.15) is 6.10 Å². The van der Waals surface area contributed by atoms with Crippen LogP contribution in [0.1, 0.15) is 58.5 Å². The van der Waals surface area contributed by atoms with Crippen LogP contribution in [0.4, 0.5) is 0 Å². The van der Waals surface area contributed by atoms with Crippen molar-refractivity contribution in [2.45, 2.75) is 43.7 Å². The SMILES string of the molecule is O=C(N[C@H]1CCCO[C@@H]1c1ccncc1)c1sccc1C1CC1. The molecule has 1 saturated heterocycles. The molecule has 2 aromatic rings. The Morgan fingerprint density at radius 3 is 2.83 bits per heavy atom. The maximum Gasteiger partial charge on any atom is 0.261 e. The zero-order valence-electron chi connectivity index (χ0n) is 12.9. The van der Waals surface area contributed by atoms with Crippen LogP contribution in [0, 0.1) is 0 Å². The van der Waals surface area contributed by atoms with E-state index in [4.69, 9.17) is 4.74 Å². The molecule has 3 heterocycles. The normalized spacial score (nSPS) is 24.3. The van der Waals surface area contributed by atoms with Crippen LogP contribution >= 0.6 is 11.3 Å². The van der Waals surface area contributed by atoms with Gasteiger partial charge in [-0.2, -0.15) is 0 Å². The Balaban J connectivity index is 1.51. The lowest BCUT2D eigenvalue weighted by molar-refractivity contribution is -0.00946. The predicted octanol–water partition coefficient (Wildman–Crippen LogP) is 3.67. The first-order valence-electron chi connectivity index (χ1n) is 8.22. The third-order valence-corrected chi connectivity index (χ3v) is 5.52. The highest BCUT2D eigenvalue weighted by Gasteiger charge is 2.32. The van der Waals surface area contributed by atoms with Gasteiger partial charge in [0, 0.05) is 19.0 Å². The summed E-state index contributed by atoms with van der Waals surface area (Å²) < 4.78 is 5.95. The molecule has 1 saturated carbocycles. The summed E-state index contributed by atoms with van der Waals surface area (Å²) in [5, 5.41) is 5.25. The molecule has 1 N–H and O–H groups in total. The van der Waals surface area contributed by atoms with Crippen LogP contribution in [-0.2, 0) is 4.74 Å². The number of nitrogens with zero attached hydrogens (tertiary/aromatic N) is 1. The van der Waals surface area contributed by atoms with Crippen molar-refractivity contribution in [1.82, 2.24) is 10.3 Å². The molecule has 1 aliphatic carbocycles. The minimum Gasteiger partial charge on any atom is -0.371 e. The Kier molecular flexibility index (Phi) is 4.14. The molecule has 2 aliphatic rings. The molecular weight excluding hydrogens is 308 g/mol. The molecule has 1 amide bonds. The zero-order chi connectivity index (χ0) is 15.6. The van der Waals surface area contributed by atoms with Crippen molar-refractivity contribution in [1.29, 1.82) is 0 Å². The van der Waals surface area contributed by atoms with Crippen LogP contribution in [-0.4, -0.2) is 23.5 Å². The number of aromatic nitrogens is 1. The fourth-order valence-electron chi connectivity index (χ4n) is 3.26. The molecule has 4 rings (SSSR count). The Morgan fingerprint density at radius 1 is 1.22 bits per heavy atom. The zero-order valence-corrected chi connectivity index (χ0v) is 13.7. The summed E-state index contributed by atoms with van der Waals surface area (Å²) in [7, 11) is 0. The lowest BCUT2D eigenvalue weighted by Gasteiger charge is -2.32. The molecule has 120 valence electrons. The standard InChI is InChI=1S/C18H20N2O2S/c21-18(17-14(7-11-23-17)12-3-4-12)20-15-2-1-10-22-16(15)13-5-8-19-9-6-13/h5-9,11-12,15-16H,1-4,10H2,(H,20,21)/t15-,16+/m0/s1. The number of nitrogens with one attached hydrogen (secondary N) is 1. The van der Waals surface area contributed by atoms with Crippen molar-refractivity contribution in [3.63, 3.8) is 0 Å². The van der Waals surface area contributed by atoms with Gasteiger partial charge < -0.3 is 10.1 Å². The summed E-state index contributed by atoms with van der Waals surface area (Å²) in [6.07, 6.45) is 7.81. The first-order valence-corrected chi connectivity index (χ1v) is 9.10. The number of carbonyl (C=O) groups excluding carboxylic acids is 1. The van der Waals surface area contributed by atoms with Crippen LogP contribution in [0.15, 0.2) is 36.0 Å². The summed E-state index contributed by atoms with van der Waals surface area (Å²) in [6, 6.07) is 6.06. The first-order chi connectivity index (χ1) is 11.3. The van der Waals surface area contributed by atoms with Gasteiger partial charge in [0.05, 0.1) is 10.9 Å². The average molecular weight is 328 g/mol. The number of amides is 1. The second-order valence-electron chi connectivity index (χ2n) is 6.27. The summed E-state index contributed by atoms with van der Waals surface area (Å²) in [4.78, 5) is 17.7. The van der Waals surface area contributed by atoms with E-state index in [0.717, 1.165) is 29.9 Å². The quantitative estimate of drug-likeness (QED) is 0.931. The predicted molar refractivity (Wildman–Crippen MR) is 89.7 cm³/mol. The van der Waals surface area contributed by atoms with Gasteiger partial charge in [-0.15, -0.1) is 11.3 Å². The summed E-state index contributed by atoms with van der Waals surface area (Å²) in [5.74, 6) is 0.650. The molecule has 0 spiro atoms. The van der Waals surface area contributed by atoms with Gasteiger partial charge in [0.15, 0.2) is 0 Å². The van der Waals surface area contributed by atoms with Crippen LogP contribution < -0.4 is 5.32 Å². The van der Waals surface area contributed by atoms with E-state index in [9.17, 15) is 4.79 Å². The molecule has 5 heteroatoms. The number of rotatable bonds is 4.